The first kappa shape index (κ1) is 16.8. The van der Waals surface area contributed by atoms with Crippen molar-refractivity contribution in [3.8, 4) is 0 Å². The van der Waals surface area contributed by atoms with Gasteiger partial charge in [0, 0.05) is 16.5 Å². The van der Waals surface area contributed by atoms with Crippen molar-refractivity contribution in [3.63, 3.8) is 0 Å². The van der Waals surface area contributed by atoms with E-state index >= 15 is 0 Å². The van der Waals surface area contributed by atoms with E-state index in [4.69, 9.17) is 38.1 Å². The lowest BCUT2D eigenvalue weighted by atomic mass is 10.0. The minimum absolute atomic E-state index is 0.0900. The fourth-order valence-electron chi connectivity index (χ4n) is 2.47. The van der Waals surface area contributed by atoms with E-state index in [1.54, 1.807) is 6.07 Å². The highest BCUT2D eigenvalue weighted by molar-refractivity contribution is 6.35. The van der Waals surface area contributed by atoms with Gasteiger partial charge < -0.3 is 14.9 Å². The lowest BCUT2D eigenvalue weighted by Crippen LogP contribution is -2.33. The van der Waals surface area contributed by atoms with Gasteiger partial charge in [0.25, 0.3) is 0 Å². The summed E-state index contributed by atoms with van der Waals surface area (Å²) in [5.41, 5.74) is 0.992. The smallest absolute Gasteiger partial charge is 0.205 e. The highest BCUT2D eigenvalue weighted by Crippen LogP contribution is 2.31. The molecule has 2 unspecified atom stereocenters. The van der Waals surface area contributed by atoms with Crippen LogP contribution in [0.1, 0.15) is 38.2 Å². The van der Waals surface area contributed by atoms with Crippen molar-refractivity contribution in [2.24, 2.45) is 0 Å². The van der Waals surface area contributed by atoms with Gasteiger partial charge in [-0.1, -0.05) is 49.0 Å². The average molecular weight is 330 g/mol. The van der Waals surface area contributed by atoms with E-state index in [1.807, 2.05) is 12.1 Å². The Labute approximate surface area is 136 Å². The molecule has 116 valence electrons. The Morgan fingerprint density at radius 2 is 2.24 bits per heavy atom. The van der Waals surface area contributed by atoms with Gasteiger partial charge in [-0.2, -0.15) is 0 Å². The Morgan fingerprint density at radius 1 is 1.43 bits per heavy atom. The molecular formula is C16H21Cl2NO2. The monoisotopic (exact) mass is 329 g/mol. The van der Waals surface area contributed by atoms with Crippen molar-refractivity contribution >= 4 is 29.4 Å². The lowest BCUT2D eigenvalue weighted by molar-refractivity contribution is -0.113. The van der Waals surface area contributed by atoms with Crippen LogP contribution >= 0.6 is 23.2 Å². The quantitative estimate of drug-likeness (QED) is 0.724. The maximum Gasteiger partial charge on any atom is 0.205 e. The highest BCUT2D eigenvalue weighted by atomic mass is 35.5. The van der Waals surface area contributed by atoms with Gasteiger partial charge in [0.2, 0.25) is 5.79 Å². The molecule has 0 saturated carbocycles. The molecule has 1 aliphatic heterocycles. The summed E-state index contributed by atoms with van der Waals surface area (Å²) in [6.45, 7) is 2.71. The maximum atomic E-state index is 7.64. The molecule has 1 N–H and O–H groups in total. The topological polar surface area (TPSA) is 42.3 Å². The number of hydrogen-bond acceptors (Lipinski definition) is 3. The van der Waals surface area contributed by atoms with Crippen LogP contribution in [-0.4, -0.2) is 24.7 Å². The zero-order valence-corrected chi connectivity index (χ0v) is 13.7. The predicted octanol–water partition coefficient (Wildman–Crippen LogP) is 4.88. The van der Waals surface area contributed by atoms with Crippen LogP contribution in [0.5, 0.6) is 0 Å². The van der Waals surface area contributed by atoms with Crippen molar-refractivity contribution < 1.29 is 9.47 Å². The summed E-state index contributed by atoms with van der Waals surface area (Å²) in [6.07, 6.45) is 5.86. The second-order valence-electron chi connectivity index (χ2n) is 5.38. The SMILES string of the molecule is CCCCC1COC(C=N)(CCc2ccc(Cl)cc2Cl)O1. The van der Waals surface area contributed by atoms with E-state index in [0.717, 1.165) is 24.8 Å². The van der Waals surface area contributed by atoms with Gasteiger partial charge in [0.15, 0.2) is 0 Å². The van der Waals surface area contributed by atoms with Crippen molar-refractivity contribution in [1.82, 2.24) is 0 Å². The van der Waals surface area contributed by atoms with Gasteiger partial charge in [-0.15, -0.1) is 0 Å². The minimum Gasteiger partial charge on any atom is -0.342 e. The fraction of sp³-hybridized carbons (Fsp3) is 0.562. The summed E-state index contributed by atoms with van der Waals surface area (Å²) in [5, 5.41) is 8.90. The second-order valence-corrected chi connectivity index (χ2v) is 6.23. The summed E-state index contributed by atoms with van der Waals surface area (Å²) >= 11 is 12.1. The Morgan fingerprint density at radius 3 is 2.90 bits per heavy atom. The van der Waals surface area contributed by atoms with Crippen LogP contribution in [-0.2, 0) is 15.9 Å². The number of halogens is 2. The standard InChI is InChI=1S/C16H21Cl2NO2/c1-2-3-4-14-10-20-16(11-19,21-14)8-7-12-5-6-13(17)9-15(12)18/h5-6,9,11,14,19H,2-4,7-8,10H2,1H3. The van der Waals surface area contributed by atoms with E-state index in [0.29, 0.717) is 29.5 Å². The summed E-state index contributed by atoms with van der Waals surface area (Å²) in [6, 6.07) is 5.46. The maximum absolute atomic E-state index is 7.64. The van der Waals surface area contributed by atoms with Crippen LogP contribution in [0.3, 0.4) is 0 Å². The van der Waals surface area contributed by atoms with E-state index < -0.39 is 5.79 Å². The number of hydrogen-bond donors (Lipinski definition) is 1. The molecule has 0 aromatic heterocycles. The van der Waals surface area contributed by atoms with Crippen LogP contribution in [0.2, 0.25) is 10.0 Å². The van der Waals surface area contributed by atoms with Crippen molar-refractivity contribution in [1.29, 1.82) is 5.41 Å². The number of aryl methyl sites for hydroxylation is 1. The molecule has 1 heterocycles. The summed E-state index contributed by atoms with van der Waals surface area (Å²) < 4.78 is 11.7. The third kappa shape index (κ3) is 4.43. The van der Waals surface area contributed by atoms with Crippen LogP contribution < -0.4 is 0 Å². The van der Waals surface area contributed by atoms with Crippen molar-refractivity contribution in [2.75, 3.05) is 6.61 Å². The van der Waals surface area contributed by atoms with E-state index in [1.165, 1.54) is 6.21 Å². The minimum atomic E-state index is -0.901. The first-order valence-electron chi connectivity index (χ1n) is 7.36. The summed E-state index contributed by atoms with van der Waals surface area (Å²) in [7, 11) is 0. The normalized spacial score (nSPS) is 25.2. The van der Waals surface area contributed by atoms with Crippen LogP contribution in [0.25, 0.3) is 0 Å². The molecular weight excluding hydrogens is 309 g/mol. The van der Waals surface area contributed by atoms with Gasteiger partial charge in [-0.05, 0) is 30.5 Å². The molecule has 2 rings (SSSR count). The molecule has 3 nitrogen and oxygen atoms in total. The summed E-state index contributed by atoms with van der Waals surface area (Å²) in [4.78, 5) is 0. The molecule has 0 spiro atoms. The lowest BCUT2D eigenvalue weighted by Gasteiger charge is -2.23. The Hall–Kier alpha value is -0.610. The Balaban J connectivity index is 1.95. The van der Waals surface area contributed by atoms with Crippen LogP contribution in [0, 0.1) is 5.41 Å². The number of rotatable bonds is 7. The molecule has 0 radical (unpaired) electrons. The average Bonchev–Trinajstić information content (AvgIpc) is 2.88. The molecule has 5 heteroatoms. The molecule has 1 aliphatic rings. The summed E-state index contributed by atoms with van der Waals surface area (Å²) in [5.74, 6) is -0.901. The Kier molecular flexibility index (Phi) is 6.06. The van der Waals surface area contributed by atoms with Gasteiger partial charge in [0.1, 0.15) is 0 Å². The first-order valence-corrected chi connectivity index (χ1v) is 8.11. The van der Waals surface area contributed by atoms with E-state index in [-0.39, 0.29) is 6.10 Å². The van der Waals surface area contributed by atoms with Crippen molar-refractivity contribution in [3.05, 3.63) is 33.8 Å². The van der Waals surface area contributed by atoms with Gasteiger partial charge in [0.05, 0.1) is 18.9 Å². The molecule has 0 aliphatic carbocycles. The molecule has 1 saturated heterocycles. The van der Waals surface area contributed by atoms with E-state index in [9.17, 15) is 0 Å². The fourth-order valence-corrected chi connectivity index (χ4v) is 2.97. The third-order valence-electron chi connectivity index (χ3n) is 3.74. The number of ether oxygens (including phenoxy) is 2. The highest BCUT2D eigenvalue weighted by Gasteiger charge is 2.39. The third-order valence-corrected chi connectivity index (χ3v) is 4.32. The molecule has 1 aromatic carbocycles. The molecule has 0 bridgehead atoms. The molecule has 1 aromatic rings. The first-order chi connectivity index (χ1) is 10.1. The van der Waals surface area contributed by atoms with Crippen LogP contribution in [0.4, 0.5) is 0 Å². The zero-order valence-electron chi connectivity index (χ0n) is 12.2. The second kappa shape index (κ2) is 7.59. The van der Waals surface area contributed by atoms with Crippen LogP contribution in [0.15, 0.2) is 18.2 Å². The zero-order chi connectivity index (χ0) is 15.3. The predicted molar refractivity (Wildman–Crippen MR) is 86.6 cm³/mol. The van der Waals surface area contributed by atoms with Gasteiger partial charge >= 0.3 is 0 Å². The molecule has 0 amide bonds. The number of unbranched alkanes of at least 4 members (excludes halogenated alkanes) is 1. The molecule has 2 atom stereocenters. The van der Waals surface area contributed by atoms with E-state index in [2.05, 4.69) is 6.92 Å². The van der Waals surface area contributed by atoms with Gasteiger partial charge in [-0.25, -0.2) is 0 Å². The largest absolute Gasteiger partial charge is 0.342 e. The van der Waals surface area contributed by atoms with Crippen molar-refractivity contribution in [2.45, 2.75) is 50.9 Å². The number of nitrogens with one attached hydrogen (secondary N) is 1. The number of benzene rings is 1. The molecule has 21 heavy (non-hydrogen) atoms. The van der Waals surface area contributed by atoms with Gasteiger partial charge in [-0.3, -0.25) is 0 Å². The Bertz CT molecular complexity index is 495. The molecule has 1 fully saturated rings.